The van der Waals surface area contributed by atoms with Gasteiger partial charge in [-0.3, -0.25) is 24.5 Å². The summed E-state index contributed by atoms with van der Waals surface area (Å²) >= 11 is 0.889. The molecule has 1 fully saturated rings. The lowest BCUT2D eigenvalue weighted by molar-refractivity contribution is -0.384. The summed E-state index contributed by atoms with van der Waals surface area (Å²) in [4.78, 5) is 55.8. The Morgan fingerprint density at radius 3 is 2.46 bits per heavy atom. The van der Waals surface area contributed by atoms with Gasteiger partial charge < -0.3 is 15.2 Å². The van der Waals surface area contributed by atoms with Crippen LogP contribution < -0.4 is 5.32 Å². The summed E-state index contributed by atoms with van der Waals surface area (Å²) in [5, 5.41) is 20.3. The van der Waals surface area contributed by atoms with Gasteiger partial charge in [0.2, 0.25) is 5.91 Å². The molecule has 0 aliphatic carbocycles. The number of carboxylic acid groups (broad SMARTS) is 1. The number of thioether (sulfide) groups is 1. The lowest BCUT2D eigenvalue weighted by Crippen LogP contribution is -2.48. The van der Waals surface area contributed by atoms with Crippen molar-refractivity contribution in [1.29, 1.82) is 0 Å². The fourth-order valence-corrected chi connectivity index (χ4v) is 3.34. The van der Waals surface area contributed by atoms with Crippen molar-refractivity contribution in [2.45, 2.75) is 30.1 Å². The number of β-lactam (4-membered cyclic amide) rings is 1. The van der Waals surface area contributed by atoms with Crippen LogP contribution in [0.4, 0.5) is 5.69 Å². The zero-order chi connectivity index (χ0) is 19.3. The van der Waals surface area contributed by atoms with Gasteiger partial charge in [0, 0.05) is 12.1 Å². The molecule has 2 N–H and O–H groups in total. The van der Waals surface area contributed by atoms with Crippen molar-refractivity contribution in [2.75, 3.05) is 0 Å². The number of non-ortho nitro benzene ring substituents is 1. The minimum Gasteiger partial charge on any atom is -0.481 e. The maximum absolute atomic E-state index is 12.1. The van der Waals surface area contributed by atoms with Gasteiger partial charge in [-0.25, -0.2) is 4.79 Å². The minimum atomic E-state index is -1.26. The molecule has 2 unspecified atom stereocenters. The molecule has 10 nitrogen and oxygen atoms in total. The predicted molar refractivity (Wildman–Crippen MR) is 88.1 cm³/mol. The summed E-state index contributed by atoms with van der Waals surface area (Å²) in [7, 11) is 0. The molecule has 0 spiro atoms. The molecule has 0 bridgehead atoms. The first kappa shape index (κ1) is 19.4. The van der Waals surface area contributed by atoms with Crippen molar-refractivity contribution in [3.8, 4) is 0 Å². The monoisotopic (exact) mass is 382 g/mol. The Balaban J connectivity index is 1.92. The number of nitro benzene ring substituents is 1. The SMILES string of the molecule is O=C(O)CC(SC1CC(=O)N1)C(=O)C(=O)OCc1ccc([N+](=O)[O-])cc1. The number of carboxylic acids is 1. The molecule has 11 heteroatoms. The Morgan fingerprint density at radius 1 is 1.35 bits per heavy atom. The largest absolute Gasteiger partial charge is 0.481 e. The number of aliphatic carboxylic acids is 1. The van der Waals surface area contributed by atoms with E-state index in [0.717, 1.165) is 11.8 Å². The smallest absolute Gasteiger partial charge is 0.376 e. The van der Waals surface area contributed by atoms with Crippen molar-refractivity contribution in [2.24, 2.45) is 0 Å². The van der Waals surface area contributed by atoms with Gasteiger partial charge in [0.15, 0.2) is 0 Å². The summed E-state index contributed by atoms with van der Waals surface area (Å²) in [5.74, 6) is -3.69. The molecule has 1 heterocycles. The standard InChI is InChI=1S/C15H14N2O8S/c18-11-6-12(16-11)26-10(5-13(19)20)14(21)15(22)25-7-8-1-3-9(4-2-8)17(23)24/h1-4,10,12H,5-7H2,(H,16,18)(H,19,20). The molecule has 138 valence electrons. The van der Waals surface area contributed by atoms with Crippen LogP contribution in [0, 0.1) is 10.1 Å². The highest BCUT2D eigenvalue weighted by atomic mass is 32.2. The number of benzene rings is 1. The van der Waals surface area contributed by atoms with E-state index in [-0.39, 0.29) is 24.6 Å². The molecule has 1 aromatic carbocycles. The van der Waals surface area contributed by atoms with Gasteiger partial charge in [0.25, 0.3) is 11.5 Å². The summed E-state index contributed by atoms with van der Waals surface area (Å²) in [5.41, 5.74) is 0.307. The topological polar surface area (TPSA) is 153 Å². The van der Waals surface area contributed by atoms with Gasteiger partial charge in [0.05, 0.1) is 28.4 Å². The van der Waals surface area contributed by atoms with Crippen molar-refractivity contribution in [3.05, 3.63) is 39.9 Å². The molecule has 1 aliphatic heterocycles. The maximum atomic E-state index is 12.1. The fraction of sp³-hybridized carbons (Fsp3) is 0.333. The van der Waals surface area contributed by atoms with Crippen LogP contribution in [-0.4, -0.2) is 44.3 Å². The Labute approximate surface area is 151 Å². The minimum absolute atomic E-state index is 0.128. The van der Waals surface area contributed by atoms with E-state index >= 15 is 0 Å². The lowest BCUT2D eigenvalue weighted by atomic mass is 10.2. The Hall–Kier alpha value is -2.95. The van der Waals surface area contributed by atoms with Gasteiger partial charge in [0.1, 0.15) is 6.61 Å². The van der Waals surface area contributed by atoms with Gasteiger partial charge >= 0.3 is 11.9 Å². The molecule has 1 aromatic rings. The van der Waals surface area contributed by atoms with E-state index < -0.39 is 39.7 Å². The third-order valence-corrected chi connectivity index (χ3v) is 4.71. The summed E-state index contributed by atoms with van der Waals surface area (Å²) < 4.78 is 4.86. The van der Waals surface area contributed by atoms with Crippen LogP contribution in [0.3, 0.4) is 0 Å². The quantitative estimate of drug-likeness (QED) is 0.206. The molecule has 0 radical (unpaired) electrons. The zero-order valence-electron chi connectivity index (χ0n) is 13.2. The van der Waals surface area contributed by atoms with E-state index in [1.807, 2.05) is 0 Å². The number of esters is 1. The number of rotatable bonds is 9. The average molecular weight is 382 g/mol. The molecule has 26 heavy (non-hydrogen) atoms. The molecule has 1 amide bonds. The number of Topliss-reactive ketones (excluding diaryl/α,β-unsaturated/α-hetero) is 1. The van der Waals surface area contributed by atoms with E-state index in [1.165, 1.54) is 24.3 Å². The van der Waals surface area contributed by atoms with Gasteiger partial charge in [-0.05, 0) is 17.7 Å². The Morgan fingerprint density at radius 2 is 1.96 bits per heavy atom. The van der Waals surface area contributed by atoms with E-state index in [1.54, 1.807) is 0 Å². The molecule has 0 aromatic heterocycles. The van der Waals surface area contributed by atoms with Gasteiger partial charge in [-0.2, -0.15) is 0 Å². The molecule has 1 aliphatic rings. The van der Waals surface area contributed by atoms with E-state index in [4.69, 9.17) is 9.84 Å². The van der Waals surface area contributed by atoms with Crippen LogP contribution in [-0.2, 0) is 30.5 Å². The first-order valence-electron chi connectivity index (χ1n) is 7.37. The van der Waals surface area contributed by atoms with E-state index in [0.29, 0.717) is 5.56 Å². The van der Waals surface area contributed by atoms with Crippen LogP contribution in [0.25, 0.3) is 0 Å². The van der Waals surface area contributed by atoms with Crippen molar-refractivity contribution < 1.29 is 33.9 Å². The number of carbonyl (C=O) groups excluding carboxylic acids is 3. The number of carbonyl (C=O) groups is 4. The number of ketones is 1. The molecular weight excluding hydrogens is 368 g/mol. The number of hydrogen-bond donors (Lipinski definition) is 2. The van der Waals surface area contributed by atoms with Crippen molar-refractivity contribution in [3.63, 3.8) is 0 Å². The first-order chi connectivity index (χ1) is 12.3. The zero-order valence-corrected chi connectivity index (χ0v) is 14.1. The first-order valence-corrected chi connectivity index (χ1v) is 8.31. The second-order valence-corrected chi connectivity index (χ2v) is 6.76. The highest BCUT2D eigenvalue weighted by molar-refractivity contribution is 8.01. The van der Waals surface area contributed by atoms with Gasteiger partial charge in [-0.1, -0.05) is 0 Å². The lowest BCUT2D eigenvalue weighted by Gasteiger charge is -2.28. The Bertz CT molecular complexity index is 741. The molecule has 2 rings (SSSR count). The summed E-state index contributed by atoms with van der Waals surface area (Å²) in [6, 6.07) is 5.22. The maximum Gasteiger partial charge on any atom is 0.376 e. The molecule has 0 saturated carbocycles. The van der Waals surface area contributed by atoms with Crippen molar-refractivity contribution in [1.82, 2.24) is 5.32 Å². The van der Waals surface area contributed by atoms with Crippen LogP contribution in [0.2, 0.25) is 0 Å². The van der Waals surface area contributed by atoms with E-state index in [2.05, 4.69) is 5.32 Å². The number of ether oxygens (including phenoxy) is 1. The number of nitrogens with zero attached hydrogens (tertiary/aromatic N) is 1. The van der Waals surface area contributed by atoms with Crippen molar-refractivity contribution >= 4 is 41.1 Å². The number of nitro groups is 1. The van der Waals surface area contributed by atoms with Gasteiger partial charge in [-0.15, -0.1) is 11.8 Å². The second-order valence-electron chi connectivity index (χ2n) is 5.35. The van der Waals surface area contributed by atoms with Crippen LogP contribution in [0.1, 0.15) is 18.4 Å². The fourth-order valence-electron chi connectivity index (χ4n) is 2.03. The average Bonchev–Trinajstić information content (AvgIpc) is 2.56. The molecular formula is C15H14N2O8S. The second kappa shape index (κ2) is 8.43. The number of amides is 1. The highest BCUT2D eigenvalue weighted by Crippen LogP contribution is 2.27. The van der Waals surface area contributed by atoms with Crippen LogP contribution >= 0.6 is 11.8 Å². The summed E-state index contributed by atoms with van der Waals surface area (Å²) in [6.07, 6.45) is -0.436. The number of hydrogen-bond acceptors (Lipinski definition) is 8. The summed E-state index contributed by atoms with van der Waals surface area (Å²) in [6.45, 7) is -0.285. The van der Waals surface area contributed by atoms with Crippen LogP contribution in [0.15, 0.2) is 24.3 Å². The third-order valence-electron chi connectivity index (χ3n) is 3.39. The normalized spacial score (nSPS) is 16.8. The highest BCUT2D eigenvalue weighted by Gasteiger charge is 2.36. The number of nitrogens with one attached hydrogen (secondary N) is 1. The van der Waals surface area contributed by atoms with E-state index in [9.17, 15) is 29.3 Å². The predicted octanol–water partition coefficient (Wildman–Crippen LogP) is 0.630. The molecule has 1 saturated heterocycles. The third kappa shape index (κ3) is 5.28. The molecule has 2 atom stereocenters. The Kier molecular flexibility index (Phi) is 6.28. The van der Waals surface area contributed by atoms with Crippen LogP contribution in [0.5, 0.6) is 0 Å².